The maximum absolute atomic E-state index is 11.8. The van der Waals surface area contributed by atoms with Gasteiger partial charge in [-0.2, -0.15) is 0 Å². The van der Waals surface area contributed by atoms with E-state index in [4.69, 9.17) is 0 Å². The van der Waals surface area contributed by atoms with Crippen molar-refractivity contribution >= 4 is 5.91 Å². The van der Waals surface area contributed by atoms with Crippen molar-refractivity contribution < 1.29 is 4.79 Å². The average molecular weight is 226 g/mol. The van der Waals surface area contributed by atoms with Crippen molar-refractivity contribution in [3.8, 4) is 0 Å². The first-order chi connectivity index (χ1) is 7.65. The van der Waals surface area contributed by atoms with Crippen LogP contribution >= 0.6 is 0 Å². The largest absolute Gasteiger partial charge is 0.350 e. The second-order valence-electron chi connectivity index (χ2n) is 4.96. The molecule has 0 aliphatic heterocycles. The van der Waals surface area contributed by atoms with Crippen molar-refractivity contribution in [3.05, 3.63) is 0 Å². The zero-order valence-electron chi connectivity index (χ0n) is 10.9. The van der Waals surface area contributed by atoms with Crippen LogP contribution in [0.5, 0.6) is 0 Å². The van der Waals surface area contributed by atoms with Gasteiger partial charge in [0.1, 0.15) is 0 Å². The summed E-state index contributed by atoms with van der Waals surface area (Å²) in [4.78, 5) is 11.8. The molecular weight excluding hydrogens is 200 g/mol. The summed E-state index contributed by atoms with van der Waals surface area (Å²) in [6.45, 7) is 7.91. The fourth-order valence-corrected chi connectivity index (χ4v) is 2.07. The van der Waals surface area contributed by atoms with E-state index in [1.54, 1.807) is 0 Å². The van der Waals surface area contributed by atoms with E-state index in [0.717, 1.165) is 31.7 Å². The van der Waals surface area contributed by atoms with Crippen molar-refractivity contribution in [2.75, 3.05) is 13.1 Å². The first-order valence-electron chi connectivity index (χ1n) is 6.67. The van der Waals surface area contributed by atoms with Crippen LogP contribution in [0.15, 0.2) is 0 Å². The minimum Gasteiger partial charge on any atom is -0.350 e. The molecule has 0 saturated heterocycles. The van der Waals surface area contributed by atoms with E-state index in [0.29, 0.717) is 6.54 Å². The highest BCUT2D eigenvalue weighted by Gasteiger charge is 2.26. The van der Waals surface area contributed by atoms with Gasteiger partial charge in [0.2, 0.25) is 5.91 Å². The van der Waals surface area contributed by atoms with Gasteiger partial charge in [0, 0.05) is 5.54 Å². The van der Waals surface area contributed by atoms with Crippen LogP contribution in [0, 0.1) is 5.92 Å². The van der Waals surface area contributed by atoms with Crippen LogP contribution in [0.3, 0.4) is 0 Å². The number of carbonyl (C=O) groups is 1. The lowest BCUT2D eigenvalue weighted by Crippen LogP contribution is -2.50. The van der Waals surface area contributed by atoms with E-state index < -0.39 is 0 Å². The topological polar surface area (TPSA) is 41.1 Å². The lowest BCUT2D eigenvalue weighted by atomic mass is 9.90. The Bertz CT molecular complexity index is 212. The zero-order valence-corrected chi connectivity index (χ0v) is 10.9. The molecule has 0 aromatic heterocycles. The summed E-state index contributed by atoms with van der Waals surface area (Å²) in [5.41, 5.74) is 0.0122. The fraction of sp³-hybridized carbons (Fsp3) is 0.923. The molecule has 1 saturated carbocycles. The van der Waals surface area contributed by atoms with E-state index in [9.17, 15) is 4.79 Å². The third-order valence-electron chi connectivity index (χ3n) is 3.85. The molecule has 3 nitrogen and oxygen atoms in total. The fourth-order valence-electron chi connectivity index (χ4n) is 2.07. The molecular formula is C13H26N2O. The molecule has 1 aliphatic carbocycles. The van der Waals surface area contributed by atoms with Gasteiger partial charge in [-0.25, -0.2) is 0 Å². The highest BCUT2D eigenvalue weighted by molar-refractivity contribution is 5.78. The Morgan fingerprint density at radius 1 is 1.19 bits per heavy atom. The number of amides is 1. The maximum atomic E-state index is 11.8. The quantitative estimate of drug-likeness (QED) is 0.665. The molecule has 16 heavy (non-hydrogen) atoms. The van der Waals surface area contributed by atoms with Crippen LogP contribution in [-0.2, 0) is 4.79 Å². The predicted octanol–water partition coefficient (Wildman–Crippen LogP) is 2.07. The maximum Gasteiger partial charge on any atom is 0.234 e. The van der Waals surface area contributed by atoms with Gasteiger partial charge in [-0.15, -0.1) is 0 Å². The number of hydrogen-bond acceptors (Lipinski definition) is 2. The number of hydrogen-bond donors (Lipinski definition) is 2. The van der Waals surface area contributed by atoms with Gasteiger partial charge in [0.15, 0.2) is 0 Å². The highest BCUT2D eigenvalue weighted by Crippen LogP contribution is 2.27. The first kappa shape index (κ1) is 13.5. The summed E-state index contributed by atoms with van der Waals surface area (Å²) in [7, 11) is 0. The van der Waals surface area contributed by atoms with Crippen molar-refractivity contribution in [3.63, 3.8) is 0 Å². The Hall–Kier alpha value is -0.570. The van der Waals surface area contributed by atoms with Crippen LogP contribution < -0.4 is 10.6 Å². The zero-order chi connectivity index (χ0) is 12.0. The molecule has 2 N–H and O–H groups in total. The summed E-state index contributed by atoms with van der Waals surface area (Å²) < 4.78 is 0. The van der Waals surface area contributed by atoms with Gasteiger partial charge in [0.05, 0.1) is 6.54 Å². The van der Waals surface area contributed by atoms with Gasteiger partial charge in [-0.1, -0.05) is 20.8 Å². The predicted molar refractivity (Wildman–Crippen MR) is 67.3 cm³/mol. The van der Waals surface area contributed by atoms with Crippen LogP contribution in [0.1, 0.15) is 52.9 Å². The van der Waals surface area contributed by atoms with E-state index >= 15 is 0 Å². The molecule has 0 bridgehead atoms. The Morgan fingerprint density at radius 2 is 1.75 bits per heavy atom. The van der Waals surface area contributed by atoms with E-state index in [1.807, 2.05) is 0 Å². The summed E-state index contributed by atoms with van der Waals surface area (Å²) in [6, 6.07) is 0. The van der Waals surface area contributed by atoms with Crippen molar-refractivity contribution in [2.45, 2.75) is 58.4 Å². The minimum atomic E-state index is 0.0122. The monoisotopic (exact) mass is 226 g/mol. The SMILES string of the molecule is CCC(CC)(CC)NC(=O)CNCC1CC1. The highest BCUT2D eigenvalue weighted by atomic mass is 16.2. The van der Waals surface area contributed by atoms with Crippen LogP contribution in [0.2, 0.25) is 0 Å². The summed E-state index contributed by atoms with van der Waals surface area (Å²) in [5.74, 6) is 0.979. The normalized spacial score (nSPS) is 16.2. The molecule has 1 amide bonds. The standard InChI is InChI=1S/C13H26N2O/c1-4-13(5-2,6-3)15-12(16)10-14-9-11-7-8-11/h11,14H,4-10H2,1-3H3,(H,15,16). The molecule has 3 heteroatoms. The summed E-state index contributed by atoms with van der Waals surface area (Å²) in [5, 5.41) is 6.40. The molecule has 94 valence electrons. The number of nitrogens with one attached hydrogen (secondary N) is 2. The van der Waals surface area contributed by atoms with Gasteiger partial charge in [0.25, 0.3) is 0 Å². The molecule has 1 fully saturated rings. The van der Waals surface area contributed by atoms with Crippen LogP contribution in [0.4, 0.5) is 0 Å². The smallest absolute Gasteiger partial charge is 0.234 e. The second-order valence-corrected chi connectivity index (χ2v) is 4.96. The van der Waals surface area contributed by atoms with Crippen molar-refractivity contribution in [2.24, 2.45) is 5.92 Å². The van der Waals surface area contributed by atoms with Gasteiger partial charge in [-0.05, 0) is 44.6 Å². The number of rotatable bonds is 8. The van der Waals surface area contributed by atoms with E-state index in [1.165, 1.54) is 12.8 Å². The van der Waals surface area contributed by atoms with Crippen molar-refractivity contribution in [1.29, 1.82) is 0 Å². The summed E-state index contributed by atoms with van der Waals surface area (Å²) >= 11 is 0. The van der Waals surface area contributed by atoms with E-state index in [2.05, 4.69) is 31.4 Å². The summed E-state index contributed by atoms with van der Waals surface area (Å²) in [6.07, 6.45) is 5.69. The molecule has 0 radical (unpaired) electrons. The minimum absolute atomic E-state index is 0.0122. The molecule has 0 atom stereocenters. The van der Waals surface area contributed by atoms with Crippen LogP contribution in [-0.4, -0.2) is 24.5 Å². The molecule has 1 aliphatic rings. The average Bonchev–Trinajstić information content (AvgIpc) is 3.10. The Morgan fingerprint density at radius 3 is 2.19 bits per heavy atom. The van der Waals surface area contributed by atoms with Gasteiger partial charge < -0.3 is 10.6 Å². The lowest BCUT2D eigenvalue weighted by molar-refractivity contribution is -0.122. The molecule has 0 heterocycles. The Balaban J connectivity index is 2.23. The third-order valence-corrected chi connectivity index (χ3v) is 3.85. The molecule has 0 aromatic rings. The molecule has 1 rings (SSSR count). The Kier molecular flexibility index (Phi) is 5.26. The third kappa shape index (κ3) is 4.12. The molecule has 0 unspecified atom stereocenters. The second kappa shape index (κ2) is 6.24. The first-order valence-corrected chi connectivity index (χ1v) is 6.67. The van der Waals surface area contributed by atoms with Gasteiger partial charge in [-0.3, -0.25) is 4.79 Å². The Labute approximate surface area is 99.4 Å². The molecule has 0 spiro atoms. The molecule has 0 aromatic carbocycles. The van der Waals surface area contributed by atoms with E-state index in [-0.39, 0.29) is 11.4 Å². The van der Waals surface area contributed by atoms with Gasteiger partial charge >= 0.3 is 0 Å². The number of carbonyl (C=O) groups excluding carboxylic acids is 1. The van der Waals surface area contributed by atoms with Crippen molar-refractivity contribution in [1.82, 2.24) is 10.6 Å². The lowest BCUT2D eigenvalue weighted by Gasteiger charge is -2.31. The van der Waals surface area contributed by atoms with Crippen LogP contribution in [0.25, 0.3) is 0 Å².